The molecule has 4 heteroatoms. The molecule has 0 aliphatic rings. The molecule has 1 aromatic carbocycles. The SMILES string of the molecule is CC(CCC#N)(C(=O)O)c1cccc(Br)c1. The third-order valence-corrected chi connectivity index (χ3v) is 3.16. The minimum Gasteiger partial charge on any atom is -0.481 e. The molecular weight excluding hydrogens is 270 g/mol. The molecule has 0 saturated carbocycles. The molecule has 84 valence electrons. The number of rotatable bonds is 4. The van der Waals surface area contributed by atoms with Crippen LogP contribution in [0.2, 0.25) is 0 Å². The standard InChI is InChI=1S/C12H12BrNO2/c1-12(11(15)16,6-3-7-14)9-4-2-5-10(13)8-9/h2,4-5,8H,3,6H2,1H3,(H,15,16). The number of hydrogen-bond acceptors (Lipinski definition) is 2. The van der Waals surface area contributed by atoms with Crippen molar-refractivity contribution in [3.05, 3.63) is 34.3 Å². The fourth-order valence-corrected chi connectivity index (χ4v) is 1.91. The smallest absolute Gasteiger partial charge is 0.313 e. The van der Waals surface area contributed by atoms with Crippen molar-refractivity contribution >= 4 is 21.9 Å². The molecule has 0 fully saturated rings. The van der Waals surface area contributed by atoms with Crippen LogP contribution in [0.4, 0.5) is 0 Å². The van der Waals surface area contributed by atoms with Crippen LogP contribution in [0.15, 0.2) is 28.7 Å². The Labute approximate surface area is 103 Å². The van der Waals surface area contributed by atoms with Gasteiger partial charge >= 0.3 is 5.97 Å². The molecule has 1 atom stereocenters. The highest BCUT2D eigenvalue weighted by atomic mass is 79.9. The highest BCUT2D eigenvalue weighted by Gasteiger charge is 2.34. The predicted octanol–water partition coefficient (Wildman–Crippen LogP) is 3.10. The quantitative estimate of drug-likeness (QED) is 0.923. The maximum atomic E-state index is 11.3. The van der Waals surface area contributed by atoms with Crippen LogP contribution >= 0.6 is 15.9 Å². The molecule has 1 N–H and O–H groups in total. The minimum absolute atomic E-state index is 0.231. The first-order valence-electron chi connectivity index (χ1n) is 4.87. The number of carboxylic acids is 1. The van der Waals surface area contributed by atoms with E-state index in [1.807, 2.05) is 12.1 Å². The van der Waals surface area contributed by atoms with Gasteiger partial charge in [0.2, 0.25) is 0 Å². The van der Waals surface area contributed by atoms with Gasteiger partial charge in [-0.25, -0.2) is 0 Å². The first-order valence-corrected chi connectivity index (χ1v) is 5.66. The summed E-state index contributed by atoms with van der Waals surface area (Å²) in [6, 6.07) is 9.19. The summed E-state index contributed by atoms with van der Waals surface area (Å²) in [5.74, 6) is -0.902. The lowest BCUT2D eigenvalue weighted by Crippen LogP contribution is -2.32. The Morgan fingerprint density at radius 2 is 2.31 bits per heavy atom. The lowest BCUT2D eigenvalue weighted by Gasteiger charge is -2.24. The molecule has 1 unspecified atom stereocenters. The van der Waals surface area contributed by atoms with Crippen LogP contribution in [0, 0.1) is 11.3 Å². The van der Waals surface area contributed by atoms with Crippen molar-refractivity contribution in [3.63, 3.8) is 0 Å². The Hall–Kier alpha value is -1.34. The number of carbonyl (C=O) groups is 1. The molecule has 16 heavy (non-hydrogen) atoms. The van der Waals surface area contributed by atoms with E-state index >= 15 is 0 Å². The van der Waals surface area contributed by atoms with Gasteiger partial charge in [0.05, 0.1) is 11.5 Å². The third kappa shape index (κ3) is 2.61. The molecule has 0 saturated heterocycles. The van der Waals surface area contributed by atoms with Crippen LogP contribution < -0.4 is 0 Å². The van der Waals surface area contributed by atoms with E-state index in [1.54, 1.807) is 25.1 Å². The summed E-state index contributed by atoms with van der Waals surface area (Å²) in [5, 5.41) is 17.8. The monoisotopic (exact) mass is 281 g/mol. The average molecular weight is 282 g/mol. The summed E-state index contributed by atoms with van der Waals surface area (Å²) in [6.45, 7) is 1.65. The maximum Gasteiger partial charge on any atom is 0.313 e. The number of carboxylic acid groups (broad SMARTS) is 1. The Morgan fingerprint density at radius 3 is 2.81 bits per heavy atom. The van der Waals surface area contributed by atoms with Gasteiger partial charge in [0, 0.05) is 10.9 Å². The Balaban J connectivity index is 3.12. The van der Waals surface area contributed by atoms with E-state index in [1.165, 1.54) is 0 Å². The average Bonchev–Trinajstić information content (AvgIpc) is 2.25. The zero-order chi connectivity index (χ0) is 12.2. The number of aliphatic carboxylic acids is 1. The highest BCUT2D eigenvalue weighted by Crippen LogP contribution is 2.30. The maximum absolute atomic E-state index is 11.3. The predicted molar refractivity (Wildman–Crippen MR) is 64.0 cm³/mol. The van der Waals surface area contributed by atoms with Gasteiger partial charge in [-0.05, 0) is 31.0 Å². The second-order valence-corrected chi connectivity index (χ2v) is 4.72. The minimum atomic E-state index is -1.00. The number of nitrogens with zero attached hydrogens (tertiary/aromatic N) is 1. The fraction of sp³-hybridized carbons (Fsp3) is 0.333. The summed E-state index contributed by atoms with van der Waals surface area (Å²) in [6.07, 6.45) is 0.546. The van der Waals surface area contributed by atoms with Gasteiger partial charge in [-0.2, -0.15) is 5.26 Å². The molecule has 1 aromatic rings. The molecule has 1 rings (SSSR count). The first kappa shape index (κ1) is 12.7. The zero-order valence-corrected chi connectivity index (χ0v) is 10.5. The van der Waals surface area contributed by atoms with E-state index in [0.29, 0.717) is 12.0 Å². The van der Waals surface area contributed by atoms with E-state index in [4.69, 9.17) is 5.26 Å². The van der Waals surface area contributed by atoms with Gasteiger partial charge in [0.1, 0.15) is 0 Å². The Morgan fingerprint density at radius 1 is 1.62 bits per heavy atom. The molecule has 3 nitrogen and oxygen atoms in total. The Kier molecular flexibility index (Phi) is 4.08. The van der Waals surface area contributed by atoms with Crippen LogP contribution in [-0.2, 0) is 10.2 Å². The van der Waals surface area contributed by atoms with Crippen molar-refractivity contribution in [2.75, 3.05) is 0 Å². The van der Waals surface area contributed by atoms with Crippen LogP contribution in [0.1, 0.15) is 25.3 Å². The van der Waals surface area contributed by atoms with Crippen molar-refractivity contribution in [1.82, 2.24) is 0 Å². The molecule has 0 aliphatic carbocycles. The van der Waals surface area contributed by atoms with Gasteiger partial charge in [0.25, 0.3) is 0 Å². The molecule has 0 aliphatic heterocycles. The van der Waals surface area contributed by atoms with E-state index < -0.39 is 11.4 Å². The lowest BCUT2D eigenvalue weighted by atomic mass is 9.79. The number of halogens is 1. The molecule has 0 spiro atoms. The molecular formula is C12H12BrNO2. The second-order valence-electron chi connectivity index (χ2n) is 3.81. The Bertz CT molecular complexity index is 439. The van der Waals surface area contributed by atoms with Crippen molar-refractivity contribution in [2.24, 2.45) is 0 Å². The summed E-state index contributed by atoms with van der Waals surface area (Å²) >= 11 is 3.31. The molecule has 0 aromatic heterocycles. The summed E-state index contributed by atoms with van der Waals surface area (Å²) in [7, 11) is 0. The van der Waals surface area contributed by atoms with E-state index in [9.17, 15) is 9.90 Å². The van der Waals surface area contributed by atoms with Gasteiger partial charge < -0.3 is 5.11 Å². The van der Waals surface area contributed by atoms with E-state index in [0.717, 1.165) is 4.47 Å². The normalized spacial score (nSPS) is 13.8. The van der Waals surface area contributed by atoms with Gasteiger partial charge in [0.15, 0.2) is 0 Å². The van der Waals surface area contributed by atoms with Crippen molar-refractivity contribution in [1.29, 1.82) is 5.26 Å². The lowest BCUT2D eigenvalue weighted by molar-refractivity contribution is -0.143. The van der Waals surface area contributed by atoms with Crippen molar-refractivity contribution in [2.45, 2.75) is 25.2 Å². The second kappa shape index (κ2) is 5.13. The summed E-state index contributed by atoms with van der Waals surface area (Å²) < 4.78 is 0.842. The summed E-state index contributed by atoms with van der Waals surface area (Å²) in [5.41, 5.74) is -0.288. The van der Waals surface area contributed by atoms with Gasteiger partial charge in [-0.3, -0.25) is 4.79 Å². The van der Waals surface area contributed by atoms with Gasteiger partial charge in [-0.1, -0.05) is 28.1 Å². The van der Waals surface area contributed by atoms with Crippen LogP contribution in [0.5, 0.6) is 0 Å². The van der Waals surface area contributed by atoms with E-state index in [-0.39, 0.29) is 6.42 Å². The van der Waals surface area contributed by atoms with Gasteiger partial charge in [-0.15, -0.1) is 0 Å². The topological polar surface area (TPSA) is 61.1 Å². The molecule has 0 heterocycles. The first-order chi connectivity index (χ1) is 7.50. The molecule has 0 radical (unpaired) electrons. The number of nitriles is 1. The van der Waals surface area contributed by atoms with Crippen LogP contribution in [0.25, 0.3) is 0 Å². The number of benzene rings is 1. The largest absolute Gasteiger partial charge is 0.481 e. The van der Waals surface area contributed by atoms with Crippen molar-refractivity contribution < 1.29 is 9.90 Å². The fourth-order valence-electron chi connectivity index (χ4n) is 1.51. The third-order valence-electron chi connectivity index (χ3n) is 2.67. The van der Waals surface area contributed by atoms with Crippen LogP contribution in [0.3, 0.4) is 0 Å². The molecule has 0 bridgehead atoms. The zero-order valence-electron chi connectivity index (χ0n) is 8.90. The van der Waals surface area contributed by atoms with Crippen molar-refractivity contribution in [3.8, 4) is 6.07 Å². The molecule has 0 amide bonds. The van der Waals surface area contributed by atoms with Crippen LogP contribution in [-0.4, -0.2) is 11.1 Å². The summed E-state index contributed by atoms with van der Waals surface area (Å²) in [4.78, 5) is 11.3. The van der Waals surface area contributed by atoms with E-state index in [2.05, 4.69) is 15.9 Å². The highest BCUT2D eigenvalue weighted by molar-refractivity contribution is 9.10. The number of hydrogen-bond donors (Lipinski definition) is 1.